The third-order valence-electron chi connectivity index (χ3n) is 2.87. The lowest BCUT2D eigenvalue weighted by Gasteiger charge is -2.09. The van der Waals surface area contributed by atoms with Crippen molar-refractivity contribution in [2.24, 2.45) is 0 Å². The first-order chi connectivity index (χ1) is 10.1. The van der Waals surface area contributed by atoms with Gasteiger partial charge in [0.15, 0.2) is 0 Å². The molecule has 0 aliphatic carbocycles. The number of benzene rings is 2. The Kier molecular flexibility index (Phi) is 4.52. The van der Waals surface area contributed by atoms with E-state index in [9.17, 15) is 9.18 Å². The molecular weight excluding hydrogens is 269 g/mol. The van der Waals surface area contributed by atoms with Gasteiger partial charge in [-0.15, -0.1) is 0 Å². The van der Waals surface area contributed by atoms with Crippen LogP contribution in [-0.2, 0) is 4.79 Å². The molecule has 0 aliphatic rings. The van der Waals surface area contributed by atoms with Gasteiger partial charge in [0.2, 0.25) is 5.91 Å². The normalized spacial score (nSPS) is 9.76. The molecule has 0 unspecified atom stereocenters. The van der Waals surface area contributed by atoms with Gasteiger partial charge in [0, 0.05) is 5.69 Å². The highest BCUT2D eigenvalue weighted by Gasteiger charge is 2.09. The van der Waals surface area contributed by atoms with E-state index in [0.29, 0.717) is 11.4 Å². The largest absolute Gasteiger partial charge is 0.375 e. The van der Waals surface area contributed by atoms with Crippen molar-refractivity contribution >= 4 is 17.3 Å². The highest BCUT2D eigenvalue weighted by atomic mass is 19.1. The van der Waals surface area contributed by atoms with Crippen molar-refractivity contribution < 1.29 is 9.18 Å². The van der Waals surface area contributed by atoms with E-state index in [0.717, 1.165) is 5.56 Å². The van der Waals surface area contributed by atoms with Gasteiger partial charge >= 0.3 is 0 Å². The summed E-state index contributed by atoms with van der Waals surface area (Å²) < 4.78 is 13.4. The predicted octanol–water partition coefficient (Wildman–Crippen LogP) is 3.06. The van der Waals surface area contributed by atoms with Crippen molar-refractivity contribution in [3.63, 3.8) is 0 Å². The smallest absolute Gasteiger partial charge is 0.243 e. The lowest BCUT2D eigenvalue weighted by atomic mass is 10.2. The molecule has 0 saturated heterocycles. The Hall–Kier alpha value is -2.87. The number of carbonyl (C=O) groups excluding carboxylic acids is 1. The summed E-state index contributed by atoms with van der Waals surface area (Å²) in [5.41, 5.74) is 1.94. The topological polar surface area (TPSA) is 64.9 Å². The molecule has 106 valence electrons. The van der Waals surface area contributed by atoms with Crippen LogP contribution in [0.1, 0.15) is 11.1 Å². The Morgan fingerprint density at radius 1 is 1.29 bits per heavy atom. The summed E-state index contributed by atoms with van der Waals surface area (Å²) >= 11 is 0. The van der Waals surface area contributed by atoms with Gasteiger partial charge in [-0.05, 0) is 36.8 Å². The average molecular weight is 283 g/mol. The Labute approximate surface area is 122 Å². The molecule has 21 heavy (non-hydrogen) atoms. The van der Waals surface area contributed by atoms with E-state index < -0.39 is 5.82 Å². The van der Waals surface area contributed by atoms with Crippen LogP contribution in [0.15, 0.2) is 42.5 Å². The van der Waals surface area contributed by atoms with E-state index in [1.54, 1.807) is 18.2 Å². The van der Waals surface area contributed by atoms with Gasteiger partial charge in [-0.3, -0.25) is 4.79 Å². The van der Waals surface area contributed by atoms with Crippen LogP contribution in [0.3, 0.4) is 0 Å². The summed E-state index contributed by atoms with van der Waals surface area (Å²) in [6.07, 6.45) is 0. The predicted molar refractivity (Wildman–Crippen MR) is 79.4 cm³/mol. The van der Waals surface area contributed by atoms with E-state index in [4.69, 9.17) is 5.26 Å². The van der Waals surface area contributed by atoms with Crippen molar-refractivity contribution in [2.75, 3.05) is 17.2 Å². The first-order valence-corrected chi connectivity index (χ1v) is 6.39. The van der Waals surface area contributed by atoms with Crippen LogP contribution < -0.4 is 10.6 Å². The monoisotopic (exact) mass is 283 g/mol. The number of halogens is 1. The Morgan fingerprint density at radius 2 is 2.05 bits per heavy atom. The fourth-order valence-corrected chi connectivity index (χ4v) is 1.89. The number of anilines is 2. The number of hydrogen-bond donors (Lipinski definition) is 2. The third kappa shape index (κ3) is 3.80. The molecule has 0 radical (unpaired) electrons. The van der Waals surface area contributed by atoms with Gasteiger partial charge in [-0.1, -0.05) is 18.2 Å². The molecule has 0 heterocycles. The SMILES string of the molecule is Cc1cccc(NC(=O)CNc2cccc(F)c2C#N)c1. The Balaban J connectivity index is 1.99. The molecule has 1 amide bonds. The standard InChI is InChI=1S/C16H14FN3O/c1-11-4-2-5-12(8-11)20-16(21)10-19-15-7-3-6-14(17)13(15)9-18/h2-8,19H,10H2,1H3,(H,20,21). The van der Waals surface area contributed by atoms with Crippen molar-refractivity contribution in [1.29, 1.82) is 5.26 Å². The molecule has 0 fully saturated rings. The Morgan fingerprint density at radius 3 is 2.76 bits per heavy atom. The summed E-state index contributed by atoms with van der Waals surface area (Å²) in [6.45, 7) is 1.88. The van der Waals surface area contributed by atoms with Gasteiger partial charge in [-0.25, -0.2) is 4.39 Å². The minimum atomic E-state index is -0.610. The van der Waals surface area contributed by atoms with Gasteiger partial charge in [0.25, 0.3) is 0 Å². The number of nitrogens with one attached hydrogen (secondary N) is 2. The number of carbonyl (C=O) groups is 1. The highest BCUT2D eigenvalue weighted by molar-refractivity contribution is 5.94. The average Bonchev–Trinajstić information content (AvgIpc) is 2.45. The molecule has 0 spiro atoms. The van der Waals surface area contributed by atoms with E-state index in [1.165, 1.54) is 12.1 Å². The third-order valence-corrected chi connectivity index (χ3v) is 2.87. The lowest BCUT2D eigenvalue weighted by Crippen LogP contribution is -2.22. The van der Waals surface area contributed by atoms with Crippen LogP contribution in [0, 0.1) is 24.1 Å². The molecule has 4 nitrogen and oxygen atoms in total. The molecule has 5 heteroatoms. The van der Waals surface area contributed by atoms with Crippen LogP contribution in [-0.4, -0.2) is 12.5 Å². The molecule has 2 aromatic rings. The second-order valence-corrected chi connectivity index (χ2v) is 4.55. The molecule has 2 N–H and O–H groups in total. The maximum Gasteiger partial charge on any atom is 0.243 e. The molecule has 2 aromatic carbocycles. The van der Waals surface area contributed by atoms with Crippen molar-refractivity contribution in [3.8, 4) is 6.07 Å². The number of aryl methyl sites for hydroxylation is 1. The zero-order chi connectivity index (χ0) is 15.2. The van der Waals surface area contributed by atoms with Crippen LogP contribution in [0.2, 0.25) is 0 Å². The minimum Gasteiger partial charge on any atom is -0.375 e. The van der Waals surface area contributed by atoms with E-state index in [1.807, 2.05) is 25.1 Å². The molecule has 0 aliphatic heterocycles. The lowest BCUT2D eigenvalue weighted by molar-refractivity contribution is -0.114. The van der Waals surface area contributed by atoms with Crippen molar-refractivity contribution in [1.82, 2.24) is 0 Å². The second-order valence-electron chi connectivity index (χ2n) is 4.55. The molecular formula is C16H14FN3O. The molecule has 2 rings (SSSR count). The van der Waals surface area contributed by atoms with E-state index in [-0.39, 0.29) is 18.0 Å². The number of amides is 1. The van der Waals surface area contributed by atoms with E-state index >= 15 is 0 Å². The Bertz CT molecular complexity index is 707. The van der Waals surface area contributed by atoms with Crippen molar-refractivity contribution in [2.45, 2.75) is 6.92 Å². The number of nitrogens with zero attached hydrogens (tertiary/aromatic N) is 1. The fraction of sp³-hybridized carbons (Fsp3) is 0.125. The summed E-state index contributed by atoms with van der Waals surface area (Å²) in [5.74, 6) is -0.879. The van der Waals surface area contributed by atoms with Crippen LogP contribution in [0.4, 0.5) is 15.8 Å². The summed E-state index contributed by atoms with van der Waals surface area (Å²) in [4.78, 5) is 11.8. The maximum absolute atomic E-state index is 13.4. The summed E-state index contributed by atoms with van der Waals surface area (Å²) in [5, 5.41) is 14.4. The molecule has 0 saturated carbocycles. The number of hydrogen-bond acceptors (Lipinski definition) is 3. The second kappa shape index (κ2) is 6.53. The van der Waals surface area contributed by atoms with Crippen LogP contribution in [0.25, 0.3) is 0 Å². The van der Waals surface area contributed by atoms with Crippen molar-refractivity contribution in [3.05, 3.63) is 59.4 Å². The van der Waals surface area contributed by atoms with Gasteiger partial charge in [-0.2, -0.15) is 5.26 Å². The summed E-state index contributed by atoms with van der Waals surface area (Å²) in [7, 11) is 0. The van der Waals surface area contributed by atoms with Crippen LogP contribution in [0.5, 0.6) is 0 Å². The van der Waals surface area contributed by atoms with Gasteiger partial charge in [0.1, 0.15) is 17.4 Å². The first kappa shape index (κ1) is 14.5. The minimum absolute atomic E-state index is 0.0495. The molecule has 0 aromatic heterocycles. The zero-order valence-corrected chi connectivity index (χ0v) is 11.5. The number of nitriles is 1. The van der Waals surface area contributed by atoms with Gasteiger partial charge < -0.3 is 10.6 Å². The molecule has 0 atom stereocenters. The van der Waals surface area contributed by atoms with Gasteiger partial charge in [0.05, 0.1) is 12.2 Å². The first-order valence-electron chi connectivity index (χ1n) is 6.39. The molecule has 0 bridgehead atoms. The van der Waals surface area contributed by atoms with E-state index in [2.05, 4.69) is 10.6 Å². The quantitative estimate of drug-likeness (QED) is 0.906. The zero-order valence-electron chi connectivity index (χ0n) is 11.5. The fourth-order valence-electron chi connectivity index (χ4n) is 1.89. The summed E-state index contributed by atoms with van der Waals surface area (Å²) in [6, 6.07) is 13.4. The maximum atomic E-state index is 13.4. The van der Waals surface area contributed by atoms with Crippen LogP contribution >= 0.6 is 0 Å². The number of rotatable bonds is 4. The highest BCUT2D eigenvalue weighted by Crippen LogP contribution is 2.17.